The Balaban J connectivity index is 1.76. The molecular weight excluding hydrogens is 302 g/mol. The Morgan fingerprint density at radius 2 is 1.91 bits per heavy atom. The van der Waals surface area contributed by atoms with Crippen molar-refractivity contribution >= 4 is 23.2 Å². The van der Waals surface area contributed by atoms with Crippen LogP contribution in [-0.2, 0) is 16.0 Å². The van der Waals surface area contributed by atoms with Crippen molar-refractivity contribution in [2.75, 3.05) is 16.8 Å². The molecule has 6 heteroatoms. The predicted molar refractivity (Wildman–Crippen MR) is 82.1 cm³/mol. The quantitative estimate of drug-likeness (QED) is 0.946. The minimum Gasteiger partial charge on any atom is -0.322 e. The fourth-order valence-electron chi connectivity index (χ4n) is 2.59. The van der Waals surface area contributed by atoms with Crippen molar-refractivity contribution in [1.82, 2.24) is 0 Å². The fourth-order valence-corrected chi connectivity index (χ4v) is 2.59. The lowest BCUT2D eigenvalue weighted by Gasteiger charge is -2.28. The number of hydrogen-bond donors (Lipinski definition) is 1. The molecule has 0 atom stereocenters. The van der Waals surface area contributed by atoms with Crippen molar-refractivity contribution in [2.45, 2.75) is 12.8 Å². The third-order valence-corrected chi connectivity index (χ3v) is 3.70. The zero-order valence-electron chi connectivity index (χ0n) is 12.2. The lowest BCUT2D eigenvalue weighted by Crippen LogP contribution is -2.40. The summed E-state index contributed by atoms with van der Waals surface area (Å²) < 4.78 is 26.4. The lowest BCUT2D eigenvalue weighted by molar-refractivity contribution is -0.121. The molecule has 0 radical (unpaired) electrons. The van der Waals surface area contributed by atoms with Crippen LogP contribution >= 0.6 is 0 Å². The van der Waals surface area contributed by atoms with E-state index in [1.54, 1.807) is 12.1 Å². The zero-order valence-corrected chi connectivity index (χ0v) is 12.2. The van der Waals surface area contributed by atoms with Gasteiger partial charge in [-0.3, -0.25) is 9.59 Å². The first-order chi connectivity index (χ1) is 11.0. The predicted octanol–water partition coefficient (Wildman–Crippen LogP) is 2.88. The Morgan fingerprint density at radius 3 is 2.70 bits per heavy atom. The smallest absolute Gasteiger partial charge is 0.244 e. The molecule has 1 aliphatic rings. The lowest BCUT2D eigenvalue weighted by atomic mass is 10.0. The molecule has 118 valence electrons. The van der Waals surface area contributed by atoms with Crippen molar-refractivity contribution < 1.29 is 18.4 Å². The number of nitrogens with zero attached hydrogens (tertiary/aromatic N) is 1. The highest BCUT2D eigenvalue weighted by Gasteiger charge is 2.25. The normalized spacial score (nSPS) is 13.7. The van der Waals surface area contributed by atoms with Gasteiger partial charge in [0.2, 0.25) is 11.8 Å². The summed E-state index contributed by atoms with van der Waals surface area (Å²) in [5.41, 5.74) is 1.57. The number of amides is 2. The molecule has 2 aromatic carbocycles. The maximum absolute atomic E-state index is 13.6. The van der Waals surface area contributed by atoms with Gasteiger partial charge < -0.3 is 10.2 Å². The second-order valence-corrected chi connectivity index (χ2v) is 5.28. The van der Waals surface area contributed by atoms with Gasteiger partial charge >= 0.3 is 0 Å². The van der Waals surface area contributed by atoms with Crippen LogP contribution < -0.4 is 10.2 Å². The van der Waals surface area contributed by atoms with Gasteiger partial charge in [-0.2, -0.15) is 0 Å². The molecule has 1 heterocycles. The fraction of sp³-hybridized carbons (Fsp3) is 0.176. The molecule has 0 aliphatic carbocycles. The number of aryl methyl sites for hydroxylation is 1. The summed E-state index contributed by atoms with van der Waals surface area (Å²) in [6.07, 6.45) is 0.967. The summed E-state index contributed by atoms with van der Waals surface area (Å²) in [6, 6.07) is 10.2. The van der Waals surface area contributed by atoms with E-state index in [2.05, 4.69) is 5.32 Å². The first kappa shape index (κ1) is 15.1. The van der Waals surface area contributed by atoms with Crippen LogP contribution in [0.4, 0.5) is 20.2 Å². The number of carbonyl (C=O) groups excluding carboxylic acids is 2. The van der Waals surface area contributed by atoms with Crippen LogP contribution in [-0.4, -0.2) is 18.4 Å². The van der Waals surface area contributed by atoms with Crippen molar-refractivity contribution in [1.29, 1.82) is 0 Å². The van der Waals surface area contributed by atoms with E-state index in [-0.39, 0.29) is 18.1 Å². The van der Waals surface area contributed by atoms with Crippen LogP contribution in [0.1, 0.15) is 12.0 Å². The average molecular weight is 316 g/mol. The summed E-state index contributed by atoms with van der Waals surface area (Å²) in [6.45, 7) is -0.216. The molecule has 2 aromatic rings. The van der Waals surface area contributed by atoms with Crippen molar-refractivity contribution in [3.63, 3.8) is 0 Å². The topological polar surface area (TPSA) is 49.4 Å². The SMILES string of the molecule is O=C(CN1C(=O)CCc2ccccc21)Nc1ccc(F)cc1F. The number of benzene rings is 2. The van der Waals surface area contributed by atoms with Gasteiger partial charge in [0.15, 0.2) is 0 Å². The van der Waals surface area contributed by atoms with Crippen LogP contribution in [0.5, 0.6) is 0 Å². The average Bonchev–Trinajstić information content (AvgIpc) is 2.53. The molecule has 2 amide bonds. The molecule has 0 fully saturated rings. The molecule has 0 saturated heterocycles. The third kappa shape index (κ3) is 3.21. The zero-order chi connectivity index (χ0) is 16.4. The number of carbonyl (C=O) groups is 2. The molecule has 23 heavy (non-hydrogen) atoms. The van der Waals surface area contributed by atoms with E-state index in [4.69, 9.17) is 0 Å². The number of halogens is 2. The monoisotopic (exact) mass is 316 g/mol. The van der Waals surface area contributed by atoms with Crippen LogP contribution in [0.25, 0.3) is 0 Å². The maximum Gasteiger partial charge on any atom is 0.244 e. The highest BCUT2D eigenvalue weighted by Crippen LogP contribution is 2.27. The van der Waals surface area contributed by atoms with Gasteiger partial charge in [0.05, 0.1) is 5.69 Å². The highest BCUT2D eigenvalue weighted by molar-refractivity contribution is 6.04. The van der Waals surface area contributed by atoms with Gasteiger partial charge in [-0.15, -0.1) is 0 Å². The Morgan fingerprint density at radius 1 is 1.13 bits per heavy atom. The van der Waals surface area contributed by atoms with Crippen LogP contribution in [0, 0.1) is 11.6 Å². The Kier molecular flexibility index (Phi) is 4.06. The molecule has 1 aliphatic heterocycles. The third-order valence-electron chi connectivity index (χ3n) is 3.70. The number of hydrogen-bond acceptors (Lipinski definition) is 2. The van der Waals surface area contributed by atoms with Crippen molar-refractivity contribution in [3.05, 3.63) is 59.7 Å². The van der Waals surface area contributed by atoms with Gasteiger partial charge in [-0.1, -0.05) is 18.2 Å². The summed E-state index contributed by atoms with van der Waals surface area (Å²) in [4.78, 5) is 25.6. The van der Waals surface area contributed by atoms with Crippen molar-refractivity contribution in [2.24, 2.45) is 0 Å². The first-order valence-electron chi connectivity index (χ1n) is 7.18. The molecule has 1 N–H and O–H groups in total. The Bertz CT molecular complexity index is 777. The summed E-state index contributed by atoms with van der Waals surface area (Å²) in [5, 5.41) is 2.36. The molecule has 0 aromatic heterocycles. The van der Waals surface area contributed by atoms with E-state index in [1.807, 2.05) is 12.1 Å². The summed E-state index contributed by atoms with van der Waals surface area (Å²) in [7, 11) is 0. The molecule has 0 spiro atoms. The van der Waals surface area contributed by atoms with Crippen LogP contribution in [0.3, 0.4) is 0 Å². The number of nitrogens with one attached hydrogen (secondary N) is 1. The standard InChI is InChI=1S/C17H14F2N2O2/c18-12-6-7-14(13(19)9-12)20-16(22)10-21-15-4-2-1-3-11(15)5-8-17(21)23/h1-4,6-7,9H,5,8,10H2,(H,20,22). The maximum atomic E-state index is 13.6. The van der Waals surface area contributed by atoms with Crippen molar-refractivity contribution in [3.8, 4) is 0 Å². The minimum absolute atomic E-state index is 0.117. The second kappa shape index (κ2) is 6.16. The molecular formula is C17H14F2N2O2. The van der Waals surface area contributed by atoms with Gasteiger partial charge in [0.1, 0.15) is 18.2 Å². The molecule has 0 bridgehead atoms. The van der Waals surface area contributed by atoms with E-state index in [0.717, 1.165) is 17.7 Å². The number of anilines is 2. The Labute approximate surface area is 131 Å². The number of fused-ring (bicyclic) bond motifs is 1. The minimum atomic E-state index is -0.858. The van der Waals surface area contributed by atoms with Gasteiger partial charge in [-0.05, 0) is 30.2 Å². The number of para-hydroxylation sites is 1. The summed E-state index contributed by atoms with van der Waals surface area (Å²) in [5.74, 6) is -2.27. The van der Waals surface area contributed by atoms with Gasteiger partial charge in [0, 0.05) is 18.2 Å². The number of rotatable bonds is 3. The molecule has 4 nitrogen and oxygen atoms in total. The van der Waals surface area contributed by atoms with E-state index in [9.17, 15) is 18.4 Å². The van der Waals surface area contributed by atoms with Gasteiger partial charge in [-0.25, -0.2) is 8.78 Å². The second-order valence-electron chi connectivity index (χ2n) is 5.28. The molecule has 3 rings (SSSR count). The highest BCUT2D eigenvalue weighted by atomic mass is 19.1. The van der Waals surface area contributed by atoms with E-state index in [1.165, 1.54) is 4.90 Å². The van der Waals surface area contributed by atoms with E-state index >= 15 is 0 Å². The van der Waals surface area contributed by atoms with Crippen LogP contribution in [0.15, 0.2) is 42.5 Å². The molecule has 0 unspecified atom stereocenters. The molecule has 0 saturated carbocycles. The largest absolute Gasteiger partial charge is 0.322 e. The van der Waals surface area contributed by atoms with Gasteiger partial charge in [0.25, 0.3) is 0 Å². The van der Waals surface area contributed by atoms with E-state index in [0.29, 0.717) is 24.6 Å². The van der Waals surface area contributed by atoms with E-state index < -0.39 is 17.5 Å². The Hall–Kier alpha value is -2.76. The van der Waals surface area contributed by atoms with Crippen LogP contribution in [0.2, 0.25) is 0 Å². The summed E-state index contributed by atoms with van der Waals surface area (Å²) >= 11 is 0. The first-order valence-corrected chi connectivity index (χ1v) is 7.18.